The number of likely N-dealkylation sites (N-methyl/N-ethyl adjacent to an activating group) is 1. The van der Waals surface area contributed by atoms with Crippen LogP contribution in [0.4, 0.5) is 10.2 Å². The highest BCUT2D eigenvalue weighted by molar-refractivity contribution is 6.12. The van der Waals surface area contributed by atoms with Crippen molar-refractivity contribution in [3.8, 4) is 0 Å². The summed E-state index contributed by atoms with van der Waals surface area (Å²) in [6.07, 6.45) is 3.16. The first-order valence-electron chi connectivity index (χ1n) is 9.93. The summed E-state index contributed by atoms with van der Waals surface area (Å²) in [5.74, 6) is 1.61. The lowest BCUT2D eigenvalue weighted by atomic mass is 9.94. The van der Waals surface area contributed by atoms with Crippen molar-refractivity contribution in [1.82, 2.24) is 19.8 Å². The summed E-state index contributed by atoms with van der Waals surface area (Å²) >= 11 is 0. The Bertz CT molecular complexity index is 805. The van der Waals surface area contributed by atoms with E-state index in [1.807, 2.05) is 37.9 Å². The highest BCUT2D eigenvalue weighted by Crippen LogP contribution is 2.30. The van der Waals surface area contributed by atoms with Gasteiger partial charge in [-0.3, -0.25) is 4.99 Å². The Morgan fingerprint density at radius 3 is 2.57 bits per heavy atom. The molecule has 0 N–H and O–H groups in total. The van der Waals surface area contributed by atoms with Gasteiger partial charge in [-0.1, -0.05) is 6.08 Å². The molecule has 1 aliphatic carbocycles. The molecule has 1 aliphatic heterocycles. The summed E-state index contributed by atoms with van der Waals surface area (Å²) in [6, 6.07) is 2.04. The highest BCUT2D eigenvalue weighted by atomic mass is 19.1. The van der Waals surface area contributed by atoms with Crippen LogP contribution in [0.3, 0.4) is 0 Å². The maximum atomic E-state index is 14.7. The third kappa shape index (κ3) is 4.41. The largest absolute Gasteiger partial charge is 0.365 e. The summed E-state index contributed by atoms with van der Waals surface area (Å²) in [5.41, 5.74) is 3.33. The van der Waals surface area contributed by atoms with E-state index in [1.54, 1.807) is 7.05 Å². The lowest BCUT2D eigenvalue weighted by molar-refractivity contribution is 0.312. The molecule has 1 aromatic heterocycles. The summed E-state index contributed by atoms with van der Waals surface area (Å²) in [5, 5.41) is 0. The average Bonchev–Trinajstić information content (AvgIpc) is 2.67. The highest BCUT2D eigenvalue weighted by Gasteiger charge is 2.26. The van der Waals surface area contributed by atoms with Gasteiger partial charge in [0.2, 0.25) is 0 Å². The molecule has 3 rings (SSSR count). The summed E-state index contributed by atoms with van der Waals surface area (Å²) < 4.78 is 14.7. The topological polar surface area (TPSA) is 47.9 Å². The van der Waals surface area contributed by atoms with Gasteiger partial charge in [-0.05, 0) is 32.9 Å². The van der Waals surface area contributed by atoms with E-state index in [0.717, 1.165) is 54.8 Å². The molecular weight excluding hydrogens is 355 g/mol. The first-order valence-corrected chi connectivity index (χ1v) is 9.93. The Kier molecular flexibility index (Phi) is 6.44. The van der Waals surface area contributed by atoms with Gasteiger partial charge in [0, 0.05) is 52.8 Å². The Labute approximate surface area is 167 Å². The molecule has 0 saturated carbocycles. The fourth-order valence-corrected chi connectivity index (χ4v) is 3.89. The molecule has 1 fully saturated rings. The van der Waals surface area contributed by atoms with Gasteiger partial charge in [0.15, 0.2) is 0 Å². The van der Waals surface area contributed by atoms with Crippen molar-refractivity contribution >= 4 is 11.5 Å². The molecule has 2 aliphatic rings. The molecule has 1 aromatic rings. The minimum absolute atomic E-state index is 0.0984. The number of nitrogens with zero attached hydrogens (tertiary/aromatic N) is 6. The van der Waals surface area contributed by atoms with Crippen LogP contribution in [0.15, 0.2) is 34.2 Å². The van der Waals surface area contributed by atoms with Crippen LogP contribution in [0.1, 0.15) is 31.3 Å². The van der Waals surface area contributed by atoms with Crippen molar-refractivity contribution in [1.29, 1.82) is 0 Å². The van der Waals surface area contributed by atoms with Crippen molar-refractivity contribution in [3.63, 3.8) is 0 Å². The number of halogens is 1. The summed E-state index contributed by atoms with van der Waals surface area (Å²) in [6.45, 7) is 8.39. The first kappa shape index (κ1) is 20.5. The molecule has 0 unspecified atom stereocenters. The molecule has 2 heterocycles. The summed E-state index contributed by atoms with van der Waals surface area (Å²) in [4.78, 5) is 20.2. The smallest absolute Gasteiger partial charge is 0.132 e. The van der Waals surface area contributed by atoms with E-state index in [-0.39, 0.29) is 5.83 Å². The Balaban J connectivity index is 1.83. The number of anilines is 1. The molecule has 0 bridgehead atoms. The quantitative estimate of drug-likeness (QED) is 0.796. The number of aryl methyl sites for hydroxylation is 1. The third-order valence-corrected chi connectivity index (χ3v) is 5.46. The number of hydrogen-bond acceptors (Lipinski definition) is 6. The molecule has 152 valence electrons. The maximum absolute atomic E-state index is 14.7. The second-order valence-electron chi connectivity index (χ2n) is 7.55. The van der Waals surface area contributed by atoms with Crippen LogP contribution >= 0.6 is 0 Å². The van der Waals surface area contributed by atoms with Crippen LogP contribution in [-0.2, 0) is 6.54 Å². The van der Waals surface area contributed by atoms with E-state index in [4.69, 9.17) is 0 Å². The molecule has 0 aromatic carbocycles. The van der Waals surface area contributed by atoms with E-state index in [1.165, 1.54) is 0 Å². The predicted molar refractivity (Wildman–Crippen MR) is 112 cm³/mol. The lowest BCUT2D eigenvalue weighted by Crippen LogP contribution is -2.45. The minimum atomic E-state index is -0.0984. The van der Waals surface area contributed by atoms with Gasteiger partial charge >= 0.3 is 0 Å². The monoisotopic (exact) mass is 386 g/mol. The second kappa shape index (κ2) is 8.82. The lowest BCUT2D eigenvalue weighted by Gasteiger charge is -2.33. The molecular formula is C21H31FN6. The first-order chi connectivity index (χ1) is 13.4. The fourth-order valence-electron chi connectivity index (χ4n) is 3.89. The van der Waals surface area contributed by atoms with Gasteiger partial charge in [-0.2, -0.15) is 0 Å². The number of aromatic nitrogens is 2. The molecule has 28 heavy (non-hydrogen) atoms. The van der Waals surface area contributed by atoms with Crippen LogP contribution in [0, 0.1) is 6.92 Å². The molecule has 0 atom stereocenters. The molecule has 0 spiro atoms. The second-order valence-corrected chi connectivity index (χ2v) is 7.55. The zero-order chi connectivity index (χ0) is 20.3. The van der Waals surface area contributed by atoms with Gasteiger partial charge in [-0.25, -0.2) is 14.4 Å². The minimum Gasteiger partial charge on any atom is -0.365 e. The number of hydrogen-bond donors (Lipinski definition) is 0. The van der Waals surface area contributed by atoms with Crippen LogP contribution in [0.25, 0.3) is 0 Å². The van der Waals surface area contributed by atoms with E-state index in [0.29, 0.717) is 25.1 Å². The number of aliphatic imine (C=N–C) groups is 1. The zero-order valence-corrected chi connectivity index (χ0v) is 17.7. The SMILES string of the molecule is C/C=C1/CCC(F)=C(N(C)Cc2cc(N3CCN(C)CC3)nc(C)n2)C1=NC. The average molecular weight is 387 g/mol. The van der Waals surface area contributed by atoms with Crippen LogP contribution < -0.4 is 4.90 Å². The van der Waals surface area contributed by atoms with Crippen molar-refractivity contribution in [2.45, 2.75) is 33.2 Å². The summed E-state index contributed by atoms with van der Waals surface area (Å²) in [7, 11) is 5.78. The van der Waals surface area contributed by atoms with Gasteiger partial charge in [0.1, 0.15) is 17.5 Å². The zero-order valence-electron chi connectivity index (χ0n) is 17.7. The maximum Gasteiger partial charge on any atom is 0.132 e. The molecule has 6 nitrogen and oxygen atoms in total. The van der Waals surface area contributed by atoms with E-state index in [9.17, 15) is 4.39 Å². The fraction of sp³-hybridized carbons (Fsp3) is 0.571. The number of piperazine rings is 1. The van der Waals surface area contributed by atoms with E-state index >= 15 is 0 Å². The van der Waals surface area contributed by atoms with Crippen LogP contribution in [0.5, 0.6) is 0 Å². The number of rotatable bonds is 4. The molecule has 7 heteroatoms. The van der Waals surface area contributed by atoms with Crippen LogP contribution in [-0.4, -0.2) is 72.8 Å². The molecule has 0 amide bonds. The molecule has 0 radical (unpaired) electrons. The van der Waals surface area contributed by atoms with Crippen molar-refractivity contribution in [3.05, 3.63) is 40.8 Å². The Morgan fingerprint density at radius 2 is 1.93 bits per heavy atom. The normalized spacial score (nSPS) is 21.7. The molecule has 1 saturated heterocycles. The van der Waals surface area contributed by atoms with Crippen molar-refractivity contribution in [2.75, 3.05) is 52.2 Å². The Hall–Kier alpha value is -2.28. The van der Waals surface area contributed by atoms with Crippen molar-refractivity contribution < 1.29 is 4.39 Å². The van der Waals surface area contributed by atoms with Gasteiger partial charge in [-0.15, -0.1) is 0 Å². The van der Waals surface area contributed by atoms with Crippen LogP contribution in [0.2, 0.25) is 0 Å². The van der Waals surface area contributed by atoms with E-state index in [2.05, 4.69) is 31.8 Å². The van der Waals surface area contributed by atoms with E-state index < -0.39 is 0 Å². The Morgan fingerprint density at radius 1 is 1.21 bits per heavy atom. The third-order valence-electron chi connectivity index (χ3n) is 5.46. The van der Waals surface area contributed by atoms with Crippen molar-refractivity contribution in [2.24, 2.45) is 4.99 Å². The van der Waals surface area contributed by atoms with Gasteiger partial charge in [0.25, 0.3) is 0 Å². The predicted octanol–water partition coefficient (Wildman–Crippen LogP) is 2.96. The number of allylic oxidation sites excluding steroid dienone is 3. The van der Waals surface area contributed by atoms with Gasteiger partial charge < -0.3 is 14.7 Å². The van der Waals surface area contributed by atoms with Gasteiger partial charge in [0.05, 0.1) is 23.6 Å². The standard InChI is InChI=1S/C21H31FN6/c1-6-16-7-8-18(22)21(20(16)23-3)27(5)14-17-13-19(25-15(2)24-17)28-11-9-26(4)10-12-28/h6,13H,7-12,14H2,1-5H3/b16-6-,23-20?.